The molecule has 2 aromatic carbocycles. The molecule has 1 fully saturated rings. The van der Waals surface area contributed by atoms with E-state index in [9.17, 15) is 22.0 Å². The number of rotatable bonds is 10. The Morgan fingerprint density at radius 2 is 1.48 bits per heavy atom. The third-order valence-electron chi connectivity index (χ3n) is 6.36. The van der Waals surface area contributed by atoms with Gasteiger partial charge in [0.15, 0.2) is 0 Å². The molecule has 1 aliphatic carbocycles. The van der Waals surface area contributed by atoms with Crippen LogP contribution >= 0.6 is 0 Å². The predicted molar refractivity (Wildman–Crippen MR) is 117 cm³/mol. The van der Waals surface area contributed by atoms with Crippen molar-refractivity contribution < 1.29 is 31.4 Å². The Hall–Kier alpha value is -2.15. The van der Waals surface area contributed by atoms with Gasteiger partial charge in [0.2, 0.25) is 0 Å². The summed E-state index contributed by atoms with van der Waals surface area (Å²) in [5, 5.41) is 0. The molecule has 182 valence electrons. The summed E-state index contributed by atoms with van der Waals surface area (Å²) in [7, 11) is 0. The molecule has 3 rings (SSSR count). The third-order valence-corrected chi connectivity index (χ3v) is 6.36. The highest BCUT2D eigenvalue weighted by Gasteiger charge is 2.33. The molecule has 0 bridgehead atoms. The molecular formula is C26H31F5O2. The second kappa shape index (κ2) is 11.3. The fourth-order valence-corrected chi connectivity index (χ4v) is 4.46. The van der Waals surface area contributed by atoms with E-state index < -0.39 is 12.5 Å². The van der Waals surface area contributed by atoms with Crippen LogP contribution in [0.3, 0.4) is 0 Å². The minimum absolute atomic E-state index is 0.140. The minimum Gasteiger partial charge on any atom is -0.406 e. The number of benzene rings is 2. The van der Waals surface area contributed by atoms with Gasteiger partial charge in [0.05, 0.1) is 12.2 Å². The van der Waals surface area contributed by atoms with Crippen LogP contribution in [-0.4, -0.2) is 13.0 Å². The van der Waals surface area contributed by atoms with Crippen molar-refractivity contribution in [2.75, 3.05) is 6.61 Å². The van der Waals surface area contributed by atoms with Crippen LogP contribution in [0.4, 0.5) is 22.0 Å². The van der Waals surface area contributed by atoms with E-state index in [-0.39, 0.29) is 24.3 Å². The molecule has 0 N–H and O–H groups in total. The van der Waals surface area contributed by atoms with Gasteiger partial charge in [0.1, 0.15) is 5.75 Å². The van der Waals surface area contributed by atoms with E-state index >= 15 is 0 Å². The largest absolute Gasteiger partial charge is 0.573 e. The lowest BCUT2D eigenvalue weighted by molar-refractivity contribution is -0.274. The number of hydrogen-bond donors (Lipinski definition) is 0. The van der Waals surface area contributed by atoms with E-state index in [0.717, 1.165) is 36.5 Å². The average Bonchev–Trinajstić information content (AvgIpc) is 2.78. The summed E-state index contributed by atoms with van der Waals surface area (Å²) in [6.45, 7) is 1.94. The second-order valence-corrected chi connectivity index (χ2v) is 8.79. The van der Waals surface area contributed by atoms with Gasteiger partial charge in [-0.05, 0) is 67.2 Å². The molecule has 0 radical (unpaired) electrons. The van der Waals surface area contributed by atoms with Crippen LogP contribution in [0, 0.1) is 5.92 Å². The number of unbranched alkanes of at least 4 members (excludes halogenated alkanes) is 1. The number of halogens is 5. The zero-order valence-electron chi connectivity index (χ0n) is 18.8. The van der Waals surface area contributed by atoms with Crippen molar-refractivity contribution in [3.63, 3.8) is 0 Å². The Balaban J connectivity index is 1.47. The lowest BCUT2D eigenvalue weighted by Gasteiger charge is -2.29. The molecule has 0 aromatic heterocycles. The molecule has 0 atom stereocenters. The van der Waals surface area contributed by atoms with Gasteiger partial charge in [-0.15, -0.1) is 13.2 Å². The highest BCUT2D eigenvalue weighted by atomic mass is 19.4. The number of alkyl halides is 5. The van der Waals surface area contributed by atoms with Gasteiger partial charge in [-0.25, -0.2) is 0 Å². The lowest BCUT2D eigenvalue weighted by Crippen LogP contribution is -2.20. The molecule has 7 heteroatoms. The highest BCUT2D eigenvalue weighted by molar-refractivity contribution is 5.28. The van der Waals surface area contributed by atoms with E-state index in [4.69, 9.17) is 4.74 Å². The molecule has 0 amide bonds. The maximum atomic E-state index is 14.5. The highest BCUT2D eigenvalue weighted by Crippen LogP contribution is 2.39. The molecule has 33 heavy (non-hydrogen) atoms. The van der Waals surface area contributed by atoms with E-state index in [1.807, 2.05) is 0 Å². The summed E-state index contributed by atoms with van der Waals surface area (Å²) in [5.74, 6) is 0.870. The maximum absolute atomic E-state index is 14.5. The number of hydrogen-bond acceptors (Lipinski definition) is 2. The first kappa shape index (κ1) is 25.5. The van der Waals surface area contributed by atoms with Gasteiger partial charge in [0, 0.05) is 0 Å². The monoisotopic (exact) mass is 470 g/mol. The van der Waals surface area contributed by atoms with E-state index in [1.54, 1.807) is 12.1 Å². The normalized spacial score (nSPS) is 19.5. The second-order valence-electron chi connectivity index (χ2n) is 8.79. The van der Waals surface area contributed by atoms with Gasteiger partial charge >= 0.3 is 12.5 Å². The average molecular weight is 471 g/mol. The Morgan fingerprint density at radius 1 is 0.848 bits per heavy atom. The van der Waals surface area contributed by atoms with Crippen LogP contribution < -0.4 is 4.74 Å². The van der Waals surface area contributed by atoms with Gasteiger partial charge in [0.25, 0.3) is 0 Å². The van der Waals surface area contributed by atoms with E-state index in [2.05, 4.69) is 11.7 Å². The summed E-state index contributed by atoms with van der Waals surface area (Å²) in [6, 6.07) is 11.5. The Bertz CT molecular complexity index is 838. The molecule has 0 heterocycles. The molecule has 0 unspecified atom stereocenters. The molecule has 1 aliphatic rings. The van der Waals surface area contributed by atoms with Crippen molar-refractivity contribution in [3.05, 3.63) is 65.2 Å². The fourth-order valence-electron chi connectivity index (χ4n) is 4.46. The summed E-state index contributed by atoms with van der Waals surface area (Å²) in [6.07, 6.45) is 0.340. The van der Waals surface area contributed by atoms with Gasteiger partial charge in [-0.2, -0.15) is 8.78 Å². The van der Waals surface area contributed by atoms with Crippen LogP contribution in [0.1, 0.15) is 74.5 Å². The Kier molecular flexibility index (Phi) is 8.74. The van der Waals surface area contributed by atoms with Crippen molar-refractivity contribution in [2.45, 2.75) is 76.7 Å². The topological polar surface area (TPSA) is 18.5 Å². The fraction of sp³-hybridized carbons (Fsp3) is 0.538. The summed E-state index contributed by atoms with van der Waals surface area (Å²) in [5.41, 5.74) is 1.48. The van der Waals surface area contributed by atoms with Gasteiger partial charge in [-0.1, -0.05) is 62.6 Å². The molecule has 2 aromatic rings. The molecular weight excluding hydrogens is 439 g/mol. The maximum Gasteiger partial charge on any atom is 0.573 e. The van der Waals surface area contributed by atoms with E-state index in [0.29, 0.717) is 11.5 Å². The third kappa shape index (κ3) is 7.98. The predicted octanol–water partition coefficient (Wildman–Crippen LogP) is 8.36. The summed E-state index contributed by atoms with van der Waals surface area (Å²) in [4.78, 5) is 0. The van der Waals surface area contributed by atoms with Crippen LogP contribution in [0.2, 0.25) is 0 Å². The van der Waals surface area contributed by atoms with Crippen molar-refractivity contribution in [3.8, 4) is 5.75 Å². The molecule has 0 saturated heterocycles. The van der Waals surface area contributed by atoms with Crippen molar-refractivity contribution >= 4 is 0 Å². The van der Waals surface area contributed by atoms with Gasteiger partial charge in [-0.3, -0.25) is 0 Å². The van der Waals surface area contributed by atoms with Crippen LogP contribution in [-0.2, 0) is 17.3 Å². The van der Waals surface area contributed by atoms with Gasteiger partial charge < -0.3 is 9.47 Å². The standard InChI is InChI=1S/C26H31F5O2/c1-2-3-4-19-5-9-21(10-6-19)22-11-13-23(14-12-22)25(27,28)32-18-17-20-7-15-24(16-8-20)33-26(29,30)31/h7-8,11-16,19,21H,2-6,9-10,17-18H2,1H3. The Labute approximate surface area is 192 Å². The van der Waals surface area contributed by atoms with E-state index in [1.165, 1.54) is 56.4 Å². The smallest absolute Gasteiger partial charge is 0.406 e. The SMILES string of the molecule is CCCCC1CCC(c2ccc(C(F)(F)OCCc3ccc(OC(F)(F)F)cc3)cc2)CC1. The quantitative estimate of drug-likeness (QED) is 0.325. The first-order chi connectivity index (χ1) is 15.7. The van der Waals surface area contributed by atoms with Crippen molar-refractivity contribution in [1.82, 2.24) is 0 Å². The lowest BCUT2D eigenvalue weighted by atomic mass is 9.77. The first-order valence-electron chi connectivity index (χ1n) is 11.6. The first-order valence-corrected chi connectivity index (χ1v) is 11.6. The Morgan fingerprint density at radius 3 is 2.06 bits per heavy atom. The molecule has 2 nitrogen and oxygen atoms in total. The summed E-state index contributed by atoms with van der Waals surface area (Å²) >= 11 is 0. The summed E-state index contributed by atoms with van der Waals surface area (Å²) < 4.78 is 74.2. The van der Waals surface area contributed by atoms with Crippen LogP contribution in [0.15, 0.2) is 48.5 Å². The molecule has 0 spiro atoms. The zero-order chi connectivity index (χ0) is 23.9. The zero-order valence-corrected chi connectivity index (χ0v) is 18.8. The van der Waals surface area contributed by atoms with Crippen molar-refractivity contribution in [2.24, 2.45) is 5.92 Å². The molecule has 1 saturated carbocycles. The molecule has 0 aliphatic heterocycles. The van der Waals surface area contributed by atoms with Crippen LogP contribution in [0.5, 0.6) is 5.75 Å². The van der Waals surface area contributed by atoms with Crippen LogP contribution in [0.25, 0.3) is 0 Å². The van der Waals surface area contributed by atoms with Crippen molar-refractivity contribution in [1.29, 1.82) is 0 Å². The number of ether oxygens (including phenoxy) is 2. The minimum atomic E-state index is -4.77.